The summed E-state index contributed by atoms with van der Waals surface area (Å²) in [4.78, 5) is 30.7. The maximum Gasteiger partial charge on any atom is 0.271 e. The standard InChI is InChI=1S/C16H26N4O2/c1-10(2)8-14(21)20-7-6-19-9-13(16(22)17-11(3)4)18-15(19)12(20)5/h9-12H,6-8H2,1-5H3,(H,17,22)/t12-/m0/s1. The highest BCUT2D eigenvalue weighted by Gasteiger charge is 2.30. The molecule has 6 nitrogen and oxygen atoms in total. The first-order valence-electron chi connectivity index (χ1n) is 7.97. The molecule has 0 saturated heterocycles. The fourth-order valence-corrected chi connectivity index (χ4v) is 2.74. The van der Waals surface area contributed by atoms with Gasteiger partial charge in [-0.15, -0.1) is 0 Å². The zero-order valence-electron chi connectivity index (χ0n) is 14.1. The van der Waals surface area contributed by atoms with Gasteiger partial charge in [-0.25, -0.2) is 4.98 Å². The van der Waals surface area contributed by atoms with Gasteiger partial charge >= 0.3 is 0 Å². The van der Waals surface area contributed by atoms with Crippen molar-refractivity contribution in [2.75, 3.05) is 6.54 Å². The second-order valence-corrected chi connectivity index (χ2v) is 6.67. The van der Waals surface area contributed by atoms with Crippen LogP contribution in [0.1, 0.15) is 63.4 Å². The lowest BCUT2D eigenvalue weighted by Gasteiger charge is -2.34. The Morgan fingerprint density at radius 3 is 2.59 bits per heavy atom. The molecule has 0 radical (unpaired) electrons. The van der Waals surface area contributed by atoms with E-state index in [2.05, 4.69) is 10.3 Å². The molecule has 1 atom stereocenters. The third kappa shape index (κ3) is 3.48. The number of nitrogens with zero attached hydrogens (tertiary/aromatic N) is 3. The molecule has 0 fully saturated rings. The number of hydrogen-bond donors (Lipinski definition) is 1. The molecule has 22 heavy (non-hydrogen) atoms. The molecule has 6 heteroatoms. The van der Waals surface area contributed by atoms with Crippen molar-refractivity contribution in [3.63, 3.8) is 0 Å². The number of carbonyl (C=O) groups is 2. The molecular weight excluding hydrogens is 280 g/mol. The molecule has 1 aliphatic rings. The van der Waals surface area contributed by atoms with Gasteiger partial charge in [-0.2, -0.15) is 0 Å². The summed E-state index contributed by atoms with van der Waals surface area (Å²) >= 11 is 0. The Bertz CT molecular complexity index is 562. The van der Waals surface area contributed by atoms with Crippen LogP contribution in [-0.4, -0.2) is 38.9 Å². The molecular formula is C16H26N4O2. The van der Waals surface area contributed by atoms with Crippen molar-refractivity contribution in [2.45, 2.75) is 59.7 Å². The van der Waals surface area contributed by atoms with E-state index in [9.17, 15) is 9.59 Å². The maximum absolute atomic E-state index is 12.3. The molecule has 0 unspecified atom stereocenters. The third-order valence-corrected chi connectivity index (χ3v) is 3.79. The predicted molar refractivity (Wildman–Crippen MR) is 84.4 cm³/mol. The van der Waals surface area contributed by atoms with Gasteiger partial charge in [-0.1, -0.05) is 13.8 Å². The minimum Gasteiger partial charge on any atom is -0.348 e. The van der Waals surface area contributed by atoms with E-state index in [1.807, 2.05) is 44.1 Å². The summed E-state index contributed by atoms with van der Waals surface area (Å²) < 4.78 is 1.99. The van der Waals surface area contributed by atoms with E-state index >= 15 is 0 Å². The van der Waals surface area contributed by atoms with Crippen LogP contribution >= 0.6 is 0 Å². The number of amides is 2. The predicted octanol–water partition coefficient (Wildman–Crippen LogP) is 1.97. The van der Waals surface area contributed by atoms with E-state index < -0.39 is 0 Å². The molecule has 0 spiro atoms. The minimum absolute atomic E-state index is 0.0766. The summed E-state index contributed by atoms with van der Waals surface area (Å²) in [5.41, 5.74) is 0.425. The highest BCUT2D eigenvalue weighted by Crippen LogP contribution is 2.25. The first kappa shape index (κ1) is 16.5. The molecule has 0 aromatic carbocycles. The maximum atomic E-state index is 12.3. The van der Waals surface area contributed by atoms with Crippen LogP contribution in [0.5, 0.6) is 0 Å². The lowest BCUT2D eigenvalue weighted by molar-refractivity contribution is -0.135. The van der Waals surface area contributed by atoms with Crippen molar-refractivity contribution < 1.29 is 9.59 Å². The third-order valence-electron chi connectivity index (χ3n) is 3.79. The Kier molecular flexibility index (Phi) is 4.88. The zero-order valence-corrected chi connectivity index (χ0v) is 14.1. The number of hydrogen-bond acceptors (Lipinski definition) is 3. The Labute approximate surface area is 131 Å². The fourth-order valence-electron chi connectivity index (χ4n) is 2.74. The smallest absolute Gasteiger partial charge is 0.271 e. The van der Waals surface area contributed by atoms with Gasteiger partial charge in [0.1, 0.15) is 11.5 Å². The van der Waals surface area contributed by atoms with Crippen LogP contribution in [0.4, 0.5) is 0 Å². The normalized spacial score (nSPS) is 17.8. The molecule has 1 aliphatic heterocycles. The number of aromatic nitrogens is 2. The van der Waals surface area contributed by atoms with E-state index in [-0.39, 0.29) is 23.9 Å². The monoisotopic (exact) mass is 306 g/mol. The topological polar surface area (TPSA) is 67.2 Å². The molecule has 0 saturated carbocycles. The van der Waals surface area contributed by atoms with E-state index in [0.717, 1.165) is 5.82 Å². The SMILES string of the molecule is CC(C)CC(=O)N1CCn2cc(C(=O)NC(C)C)nc2[C@@H]1C. The second-order valence-electron chi connectivity index (χ2n) is 6.67. The van der Waals surface area contributed by atoms with E-state index in [0.29, 0.717) is 31.1 Å². The average Bonchev–Trinajstić information content (AvgIpc) is 2.82. The fraction of sp³-hybridized carbons (Fsp3) is 0.688. The number of carbonyl (C=O) groups excluding carboxylic acids is 2. The highest BCUT2D eigenvalue weighted by molar-refractivity contribution is 5.92. The summed E-state index contributed by atoms with van der Waals surface area (Å²) in [5.74, 6) is 1.13. The zero-order chi connectivity index (χ0) is 16.4. The Hall–Kier alpha value is -1.85. The average molecular weight is 306 g/mol. The first-order chi connectivity index (χ1) is 10.3. The largest absolute Gasteiger partial charge is 0.348 e. The van der Waals surface area contributed by atoms with Gasteiger partial charge in [0, 0.05) is 31.7 Å². The summed E-state index contributed by atoms with van der Waals surface area (Å²) in [6.07, 6.45) is 2.33. The molecule has 0 bridgehead atoms. The van der Waals surface area contributed by atoms with Crippen molar-refractivity contribution in [3.05, 3.63) is 17.7 Å². The molecule has 1 aromatic heterocycles. The Balaban J connectivity index is 2.16. The van der Waals surface area contributed by atoms with E-state index in [1.165, 1.54) is 0 Å². The van der Waals surface area contributed by atoms with Gasteiger partial charge in [0.2, 0.25) is 5.91 Å². The Morgan fingerprint density at radius 2 is 2.00 bits per heavy atom. The van der Waals surface area contributed by atoms with Gasteiger partial charge in [0.15, 0.2) is 0 Å². The minimum atomic E-state index is -0.163. The van der Waals surface area contributed by atoms with Crippen molar-refractivity contribution >= 4 is 11.8 Å². The van der Waals surface area contributed by atoms with Crippen LogP contribution in [0.2, 0.25) is 0 Å². The number of fused-ring (bicyclic) bond motifs is 1. The summed E-state index contributed by atoms with van der Waals surface area (Å²) in [6, 6.07) is -0.0200. The van der Waals surface area contributed by atoms with Crippen molar-refractivity contribution in [3.8, 4) is 0 Å². The second kappa shape index (κ2) is 6.50. The Morgan fingerprint density at radius 1 is 1.32 bits per heavy atom. The summed E-state index contributed by atoms with van der Waals surface area (Å²) in [5, 5.41) is 2.85. The van der Waals surface area contributed by atoms with E-state index in [1.54, 1.807) is 6.20 Å². The summed E-state index contributed by atoms with van der Waals surface area (Å²) in [6.45, 7) is 11.3. The molecule has 2 rings (SSSR count). The number of imidazole rings is 1. The molecule has 2 amide bonds. The van der Waals surface area contributed by atoms with Crippen molar-refractivity contribution in [1.29, 1.82) is 0 Å². The summed E-state index contributed by atoms with van der Waals surface area (Å²) in [7, 11) is 0. The quantitative estimate of drug-likeness (QED) is 0.925. The lowest BCUT2D eigenvalue weighted by Crippen LogP contribution is -2.41. The molecule has 0 aliphatic carbocycles. The van der Waals surface area contributed by atoms with Gasteiger partial charge in [0.25, 0.3) is 5.91 Å². The van der Waals surface area contributed by atoms with Crippen LogP contribution in [0.15, 0.2) is 6.20 Å². The van der Waals surface area contributed by atoms with Gasteiger partial charge < -0.3 is 14.8 Å². The van der Waals surface area contributed by atoms with Crippen LogP contribution in [0.25, 0.3) is 0 Å². The lowest BCUT2D eigenvalue weighted by atomic mass is 10.1. The van der Waals surface area contributed by atoms with Crippen LogP contribution in [0.3, 0.4) is 0 Å². The highest BCUT2D eigenvalue weighted by atomic mass is 16.2. The van der Waals surface area contributed by atoms with Crippen molar-refractivity contribution in [1.82, 2.24) is 19.8 Å². The van der Waals surface area contributed by atoms with Crippen LogP contribution < -0.4 is 5.32 Å². The van der Waals surface area contributed by atoms with Crippen LogP contribution in [-0.2, 0) is 11.3 Å². The van der Waals surface area contributed by atoms with Gasteiger partial charge in [-0.05, 0) is 26.7 Å². The molecule has 1 aromatic rings. The number of nitrogens with one attached hydrogen (secondary N) is 1. The van der Waals surface area contributed by atoms with E-state index in [4.69, 9.17) is 0 Å². The van der Waals surface area contributed by atoms with Crippen molar-refractivity contribution in [2.24, 2.45) is 5.92 Å². The number of rotatable bonds is 4. The van der Waals surface area contributed by atoms with Gasteiger partial charge in [-0.3, -0.25) is 9.59 Å². The van der Waals surface area contributed by atoms with Crippen LogP contribution in [0, 0.1) is 5.92 Å². The molecule has 2 heterocycles. The van der Waals surface area contributed by atoms with Gasteiger partial charge in [0.05, 0.1) is 6.04 Å². The molecule has 122 valence electrons. The first-order valence-corrected chi connectivity index (χ1v) is 7.97. The molecule has 1 N–H and O–H groups in total.